The lowest BCUT2D eigenvalue weighted by Crippen LogP contribution is -2.32. The molecule has 3 rings (SSSR count). The van der Waals surface area contributed by atoms with Gasteiger partial charge in [0.1, 0.15) is 0 Å². The molecule has 2 radical (unpaired) electrons. The molecule has 0 spiro atoms. The summed E-state index contributed by atoms with van der Waals surface area (Å²) in [6.07, 6.45) is 4.43. The first-order valence-electron chi connectivity index (χ1n) is 12.2. The first-order chi connectivity index (χ1) is 15.1. The summed E-state index contributed by atoms with van der Waals surface area (Å²) in [5.41, 5.74) is 8.29. The SMILES string of the molecule is CC(C)c1cccc(C(C)C)c1N1[B]N(c2c(C(C)C)cccc2C(C)C)C=C1.[CH3][Al][CH3]. The van der Waals surface area contributed by atoms with Gasteiger partial charge in [0, 0.05) is 23.8 Å². The summed E-state index contributed by atoms with van der Waals surface area (Å²) in [4.78, 5) is 4.65. The molecule has 2 aromatic carbocycles. The van der Waals surface area contributed by atoms with E-state index in [1.54, 1.807) is 0 Å². The molecule has 170 valence electrons. The highest BCUT2D eigenvalue weighted by Gasteiger charge is 2.28. The molecule has 0 N–H and O–H groups in total. The third-order valence-electron chi connectivity index (χ3n) is 5.84. The fourth-order valence-electron chi connectivity index (χ4n) is 4.24. The first kappa shape index (κ1) is 26.6. The van der Waals surface area contributed by atoms with Crippen LogP contribution in [-0.2, 0) is 0 Å². The van der Waals surface area contributed by atoms with Gasteiger partial charge in [0.25, 0.3) is 0 Å². The molecule has 1 aliphatic heterocycles. The zero-order chi connectivity index (χ0) is 24.0. The number of anilines is 2. The topological polar surface area (TPSA) is 6.48 Å². The van der Waals surface area contributed by atoms with Gasteiger partial charge in [-0.25, -0.2) is 0 Å². The summed E-state index contributed by atoms with van der Waals surface area (Å²) in [7, 11) is 2.26. The molecule has 1 aliphatic rings. The van der Waals surface area contributed by atoms with E-state index in [9.17, 15) is 0 Å². The van der Waals surface area contributed by atoms with E-state index in [0.717, 1.165) is 15.2 Å². The van der Waals surface area contributed by atoms with E-state index in [4.69, 9.17) is 0 Å². The molecule has 0 aliphatic carbocycles. The van der Waals surface area contributed by atoms with Crippen LogP contribution < -0.4 is 9.62 Å². The van der Waals surface area contributed by atoms with E-state index in [1.807, 2.05) is 0 Å². The number of hydrogen-bond donors (Lipinski definition) is 0. The molecule has 0 amide bonds. The minimum atomic E-state index is 0.480. The van der Waals surface area contributed by atoms with Gasteiger partial charge in [-0.1, -0.05) is 91.8 Å². The van der Waals surface area contributed by atoms with Gasteiger partial charge in [-0.05, 0) is 45.9 Å². The molecule has 2 nitrogen and oxygen atoms in total. The van der Waals surface area contributed by atoms with Crippen LogP contribution in [0.3, 0.4) is 0 Å². The van der Waals surface area contributed by atoms with Crippen molar-refractivity contribution < 1.29 is 0 Å². The first-order valence-corrected chi connectivity index (χ1v) is 14.5. The highest BCUT2D eigenvalue weighted by molar-refractivity contribution is 6.50. The van der Waals surface area contributed by atoms with Crippen molar-refractivity contribution in [2.45, 2.75) is 90.6 Å². The zero-order valence-corrected chi connectivity index (χ0v) is 23.1. The van der Waals surface area contributed by atoms with Gasteiger partial charge >= 0.3 is 7.55 Å². The van der Waals surface area contributed by atoms with Crippen LogP contribution in [0.2, 0.25) is 11.6 Å². The maximum absolute atomic E-state index is 2.33. The van der Waals surface area contributed by atoms with Crippen LogP contribution in [0.1, 0.15) is 101 Å². The molecule has 0 saturated carbocycles. The van der Waals surface area contributed by atoms with Gasteiger partial charge in [-0.2, -0.15) is 0 Å². The minimum absolute atomic E-state index is 0.480. The fraction of sp³-hybridized carbons (Fsp3) is 0.500. The standard InChI is InChI=1S/C26H36BN2.2CH3.Al/c1-17(2)21-11-9-12-22(18(3)4)25(21)28-15-16-29(27-28)26-23(19(5)6)13-10-14-24(26)20(7)8;;;/h9-20H,1-8H3;2*1H3;. The Morgan fingerprint density at radius 2 is 0.812 bits per heavy atom. The summed E-state index contributed by atoms with van der Waals surface area (Å²) < 4.78 is 0. The number of benzene rings is 2. The largest absolute Gasteiger partial charge is 0.400 e. The summed E-state index contributed by atoms with van der Waals surface area (Å²) in [6.45, 7) is 18.3. The number of nitrogens with zero attached hydrogens (tertiary/aromatic N) is 2. The van der Waals surface area contributed by atoms with Crippen LogP contribution in [0, 0.1) is 0 Å². The van der Waals surface area contributed by atoms with E-state index in [-0.39, 0.29) is 0 Å². The summed E-state index contributed by atoms with van der Waals surface area (Å²) in [5, 5.41) is 0. The summed E-state index contributed by atoms with van der Waals surface area (Å²) in [5.74, 6) is 6.34. The van der Waals surface area contributed by atoms with Gasteiger partial charge < -0.3 is 9.62 Å². The Labute approximate surface area is 205 Å². The van der Waals surface area contributed by atoms with Crippen LogP contribution in [-0.4, -0.2) is 22.8 Å². The second-order valence-electron chi connectivity index (χ2n) is 9.99. The molecule has 0 saturated heterocycles. The smallest absolute Gasteiger partial charge is 0.373 e. The van der Waals surface area contributed by atoms with E-state index in [1.165, 1.54) is 33.6 Å². The van der Waals surface area contributed by atoms with Crippen molar-refractivity contribution in [2.24, 2.45) is 0 Å². The Kier molecular flexibility index (Phi) is 10.00. The van der Waals surface area contributed by atoms with Gasteiger partial charge in [0.15, 0.2) is 15.2 Å². The van der Waals surface area contributed by atoms with Gasteiger partial charge in [-0.15, -0.1) is 11.6 Å². The number of para-hydroxylation sites is 2. The molecule has 0 fully saturated rings. The van der Waals surface area contributed by atoms with Crippen molar-refractivity contribution in [2.75, 3.05) is 9.62 Å². The molecule has 0 unspecified atom stereocenters. The van der Waals surface area contributed by atoms with Crippen molar-refractivity contribution in [3.63, 3.8) is 0 Å². The number of hydrogen-bond acceptors (Lipinski definition) is 2. The Hall–Kier alpha value is -1.62. The summed E-state index contributed by atoms with van der Waals surface area (Å²) in [6, 6.07) is 13.5. The zero-order valence-electron chi connectivity index (χ0n) is 22.0. The molecule has 2 aromatic rings. The highest BCUT2D eigenvalue weighted by atomic mass is 27.1. The van der Waals surface area contributed by atoms with Crippen LogP contribution in [0.25, 0.3) is 0 Å². The Morgan fingerprint density at radius 1 is 0.562 bits per heavy atom. The molecule has 1 heterocycles. The predicted octanol–water partition coefficient (Wildman–Crippen LogP) is 8.30. The third kappa shape index (κ3) is 6.03. The molecule has 0 atom stereocenters. The second-order valence-corrected chi connectivity index (χ2v) is 11.1. The molecular formula is C28H42AlBN2. The lowest BCUT2D eigenvalue weighted by atomic mass is 9.87. The van der Waals surface area contributed by atoms with Crippen molar-refractivity contribution in [1.29, 1.82) is 0 Å². The second kappa shape index (κ2) is 12.0. The van der Waals surface area contributed by atoms with Gasteiger partial charge in [0.2, 0.25) is 0 Å². The lowest BCUT2D eigenvalue weighted by Gasteiger charge is -2.30. The Morgan fingerprint density at radius 3 is 1.03 bits per heavy atom. The Bertz CT molecular complexity index is 778. The van der Waals surface area contributed by atoms with Crippen LogP contribution >= 0.6 is 0 Å². The lowest BCUT2D eigenvalue weighted by molar-refractivity contribution is 0.832. The summed E-state index contributed by atoms with van der Waals surface area (Å²) >= 11 is 0.750. The quantitative estimate of drug-likeness (QED) is 0.414. The van der Waals surface area contributed by atoms with Gasteiger partial charge in [0.05, 0.1) is 0 Å². The normalized spacial score (nSPS) is 13.2. The number of rotatable bonds is 6. The molecule has 0 aromatic heterocycles. The average Bonchev–Trinajstić information content (AvgIpc) is 3.22. The Balaban J connectivity index is 0.00000114. The molecule has 32 heavy (non-hydrogen) atoms. The molecular weight excluding hydrogens is 402 g/mol. The maximum atomic E-state index is 2.33. The fourth-order valence-corrected chi connectivity index (χ4v) is 4.24. The van der Waals surface area contributed by atoms with Crippen molar-refractivity contribution in [1.82, 2.24) is 0 Å². The minimum Gasteiger partial charge on any atom is -0.373 e. The van der Waals surface area contributed by atoms with Crippen LogP contribution in [0.4, 0.5) is 11.4 Å². The molecule has 4 heteroatoms. The van der Waals surface area contributed by atoms with E-state index in [0.29, 0.717) is 23.7 Å². The van der Waals surface area contributed by atoms with Crippen molar-refractivity contribution in [3.05, 3.63) is 71.1 Å². The maximum Gasteiger partial charge on any atom is 0.400 e. The van der Waals surface area contributed by atoms with Crippen LogP contribution in [0.5, 0.6) is 0 Å². The van der Waals surface area contributed by atoms with Gasteiger partial charge in [-0.3, -0.25) is 0 Å². The third-order valence-corrected chi connectivity index (χ3v) is 5.84. The molecule has 0 bridgehead atoms. The van der Waals surface area contributed by atoms with Crippen LogP contribution in [0.15, 0.2) is 48.8 Å². The van der Waals surface area contributed by atoms with Crippen molar-refractivity contribution >= 4 is 34.1 Å². The highest BCUT2D eigenvalue weighted by Crippen LogP contribution is 2.40. The average molecular weight is 444 g/mol. The van der Waals surface area contributed by atoms with E-state index in [2.05, 4.69) is 133 Å². The van der Waals surface area contributed by atoms with E-state index < -0.39 is 0 Å². The monoisotopic (exact) mass is 444 g/mol. The predicted molar refractivity (Wildman–Crippen MR) is 147 cm³/mol. The van der Waals surface area contributed by atoms with Crippen molar-refractivity contribution in [3.8, 4) is 0 Å². The van der Waals surface area contributed by atoms with E-state index >= 15 is 0 Å².